The quantitative estimate of drug-likeness (QED) is 0.370. The fourth-order valence-electron chi connectivity index (χ4n) is 4.70. The van der Waals surface area contributed by atoms with E-state index in [2.05, 4.69) is 0 Å². The van der Waals surface area contributed by atoms with Gasteiger partial charge in [0.25, 0.3) is 5.91 Å². The largest absolute Gasteiger partial charge is 0.506 e. The highest BCUT2D eigenvalue weighted by molar-refractivity contribution is 7.92. The first-order valence-electron chi connectivity index (χ1n) is 12.6. The van der Waals surface area contributed by atoms with Crippen molar-refractivity contribution < 1.29 is 41.8 Å². The SMILES string of the molecule is CC(OC(=O)C(C)C)OC(=O)N1CC(c2ccc(O)c(N3CC(=O)NS3(=O)=O)c2F)=C[C@H]1CCC1CCC1. The van der Waals surface area contributed by atoms with Crippen molar-refractivity contribution >= 4 is 39.4 Å². The van der Waals surface area contributed by atoms with Gasteiger partial charge in [-0.15, -0.1) is 0 Å². The molecule has 1 unspecified atom stereocenters. The van der Waals surface area contributed by atoms with E-state index in [0.717, 1.165) is 25.3 Å². The molecule has 11 nitrogen and oxygen atoms in total. The predicted octanol–water partition coefficient (Wildman–Crippen LogP) is 3.04. The van der Waals surface area contributed by atoms with Crippen molar-refractivity contribution in [3.8, 4) is 5.75 Å². The molecule has 13 heteroatoms. The number of esters is 1. The lowest BCUT2D eigenvalue weighted by Gasteiger charge is -2.29. The molecular formula is C25H32FN3O8S. The van der Waals surface area contributed by atoms with Crippen LogP contribution >= 0.6 is 0 Å². The summed E-state index contributed by atoms with van der Waals surface area (Å²) in [7, 11) is -4.37. The number of phenols is 1. The fraction of sp³-hybridized carbons (Fsp3) is 0.560. The summed E-state index contributed by atoms with van der Waals surface area (Å²) in [5, 5.41) is 10.3. The molecule has 2 atom stereocenters. The summed E-state index contributed by atoms with van der Waals surface area (Å²) in [5.41, 5.74) is -0.277. The normalized spacial score (nSPS) is 21.7. The van der Waals surface area contributed by atoms with E-state index in [9.17, 15) is 27.9 Å². The van der Waals surface area contributed by atoms with Crippen LogP contribution in [0.25, 0.3) is 5.57 Å². The molecule has 2 aliphatic heterocycles. The van der Waals surface area contributed by atoms with Crippen LogP contribution in [-0.2, 0) is 29.3 Å². The van der Waals surface area contributed by atoms with Gasteiger partial charge in [0.2, 0.25) is 6.29 Å². The fourth-order valence-corrected chi connectivity index (χ4v) is 5.86. The second-order valence-corrected chi connectivity index (χ2v) is 11.7. The molecule has 0 aromatic heterocycles. The number of hydrogen-bond donors (Lipinski definition) is 2. The van der Waals surface area contributed by atoms with Crippen LogP contribution in [0.1, 0.15) is 58.4 Å². The Balaban J connectivity index is 1.59. The minimum atomic E-state index is -4.37. The molecule has 1 aromatic carbocycles. The van der Waals surface area contributed by atoms with E-state index >= 15 is 4.39 Å². The third kappa shape index (κ3) is 5.71. The summed E-state index contributed by atoms with van der Waals surface area (Å²) in [6.45, 7) is 4.02. The highest BCUT2D eigenvalue weighted by atomic mass is 32.2. The molecule has 1 aliphatic carbocycles. The molecule has 0 spiro atoms. The number of carbonyl (C=O) groups excluding carboxylic acids is 3. The maximum atomic E-state index is 15.7. The van der Waals surface area contributed by atoms with Crippen molar-refractivity contribution in [1.82, 2.24) is 9.62 Å². The summed E-state index contributed by atoms with van der Waals surface area (Å²) >= 11 is 0. The van der Waals surface area contributed by atoms with Crippen LogP contribution in [0, 0.1) is 17.7 Å². The first kappa shape index (κ1) is 27.7. The number of phenolic OH excluding ortho intramolecular Hbond substituents is 1. The third-order valence-corrected chi connectivity index (χ3v) is 8.37. The summed E-state index contributed by atoms with van der Waals surface area (Å²) in [6.07, 6.45) is 4.72. The number of amides is 2. The van der Waals surface area contributed by atoms with Crippen LogP contribution in [0.5, 0.6) is 5.75 Å². The molecule has 3 aliphatic rings. The zero-order chi connectivity index (χ0) is 27.8. The van der Waals surface area contributed by atoms with Gasteiger partial charge >= 0.3 is 22.3 Å². The van der Waals surface area contributed by atoms with E-state index in [0.29, 0.717) is 22.2 Å². The molecule has 1 aromatic rings. The first-order chi connectivity index (χ1) is 17.9. The minimum absolute atomic E-state index is 0.0180. The van der Waals surface area contributed by atoms with Crippen LogP contribution in [0.2, 0.25) is 0 Å². The van der Waals surface area contributed by atoms with Crippen LogP contribution in [0.3, 0.4) is 0 Å². The average molecular weight is 554 g/mol. The topological polar surface area (TPSA) is 143 Å². The van der Waals surface area contributed by atoms with E-state index in [4.69, 9.17) is 9.47 Å². The number of halogens is 1. The first-order valence-corrected chi connectivity index (χ1v) is 14.0. The monoisotopic (exact) mass is 553 g/mol. The zero-order valence-electron chi connectivity index (χ0n) is 21.5. The summed E-state index contributed by atoms with van der Waals surface area (Å²) in [6, 6.07) is 2.01. The van der Waals surface area contributed by atoms with Crippen molar-refractivity contribution in [3.63, 3.8) is 0 Å². The van der Waals surface area contributed by atoms with Crippen molar-refractivity contribution in [1.29, 1.82) is 0 Å². The van der Waals surface area contributed by atoms with Crippen molar-refractivity contribution in [3.05, 3.63) is 29.6 Å². The molecular weight excluding hydrogens is 521 g/mol. The van der Waals surface area contributed by atoms with Gasteiger partial charge < -0.3 is 14.6 Å². The molecule has 2 fully saturated rings. The van der Waals surface area contributed by atoms with Crippen LogP contribution < -0.4 is 9.03 Å². The van der Waals surface area contributed by atoms with Gasteiger partial charge in [-0.1, -0.05) is 39.2 Å². The van der Waals surface area contributed by atoms with E-state index in [-0.39, 0.29) is 12.1 Å². The molecule has 2 heterocycles. The average Bonchev–Trinajstić information content (AvgIpc) is 3.32. The van der Waals surface area contributed by atoms with Gasteiger partial charge in [0.1, 0.15) is 18.0 Å². The summed E-state index contributed by atoms with van der Waals surface area (Å²) < 4.78 is 53.1. The molecule has 2 N–H and O–H groups in total. The maximum absolute atomic E-state index is 15.7. The molecule has 1 saturated heterocycles. The van der Waals surface area contributed by atoms with Gasteiger partial charge in [0, 0.05) is 12.5 Å². The van der Waals surface area contributed by atoms with Crippen molar-refractivity contribution in [2.75, 3.05) is 17.4 Å². The molecule has 1 saturated carbocycles. The second-order valence-electron chi connectivity index (χ2n) is 10.1. The number of hydrogen-bond acceptors (Lipinski definition) is 8. The summed E-state index contributed by atoms with van der Waals surface area (Å²) in [4.78, 5) is 38.0. The standard InChI is InChI=1S/C25H32FN3O8S/c1-14(2)24(32)36-15(3)37-25(33)28-12-17(11-18(28)8-7-16-5-4-6-16)19-9-10-20(30)23(22(19)26)29-13-21(31)27-38(29,34)35/h9-11,14-16,18,30H,4-8,12-13H2,1-3H3,(H,27,31)/t15?,18-/m1/s1. The van der Waals surface area contributed by atoms with Gasteiger partial charge in [0.15, 0.2) is 5.82 Å². The third-order valence-electron chi connectivity index (χ3n) is 7.00. The lowest BCUT2D eigenvalue weighted by atomic mass is 9.81. The van der Waals surface area contributed by atoms with Crippen LogP contribution in [0.15, 0.2) is 18.2 Å². The lowest BCUT2D eigenvalue weighted by molar-refractivity contribution is -0.169. The molecule has 208 valence electrons. The van der Waals surface area contributed by atoms with Crippen molar-refractivity contribution in [2.24, 2.45) is 11.8 Å². The van der Waals surface area contributed by atoms with Crippen LogP contribution in [-0.4, -0.2) is 61.8 Å². The molecule has 4 rings (SSSR count). The highest BCUT2D eigenvalue weighted by Crippen LogP contribution is 2.40. The molecule has 0 radical (unpaired) electrons. The molecule has 38 heavy (non-hydrogen) atoms. The number of ether oxygens (including phenoxy) is 2. The number of anilines is 1. The smallest absolute Gasteiger partial charge is 0.413 e. The summed E-state index contributed by atoms with van der Waals surface area (Å²) in [5.74, 6) is -2.91. The van der Waals surface area contributed by atoms with Gasteiger partial charge in [-0.3, -0.25) is 14.5 Å². The van der Waals surface area contributed by atoms with E-state index in [1.807, 2.05) is 0 Å². The number of aromatic hydroxyl groups is 1. The van der Waals surface area contributed by atoms with Gasteiger partial charge in [-0.2, -0.15) is 8.42 Å². The Morgan fingerprint density at radius 3 is 2.45 bits per heavy atom. The van der Waals surface area contributed by atoms with E-state index in [1.54, 1.807) is 24.6 Å². The predicted molar refractivity (Wildman–Crippen MR) is 134 cm³/mol. The second kappa shape index (κ2) is 10.8. The van der Waals surface area contributed by atoms with Gasteiger partial charge in [0.05, 0.1) is 18.5 Å². The number of nitrogens with zero attached hydrogens (tertiary/aromatic N) is 2. The number of rotatable bonds is 8. The van der Waals surface area contributed by atoms with Gasteiger partial charge in [-0.25, -0.2) is 18.2 Å². The number of carbonyl (C=O) groups is 3. The Hall–Kier alpha value is -3.35. The Bertz CT molecular complexity index is 1260. The Morgan fingerprint density at radius 2 is 1.87 bits per heavy atom. The Morgan fingerprint density at radius 1 is 1.16 bits per heavy atom. The van der Waals surface area contributed by atoms with E-state index < -0.39 is 70.2 Å². The number of benzene rings is 1. The Labute approximate surface area is 220 Å². The van der Waals surface area contributed by atoms with Crippen molar-refractivity contribution in [2.45, 2.75) is 65.2 Å². The molecule has 2 amide bonds. The molecule has 0 bridgehead atoms. The maximum Gasteiger partial charge on any atom is 0.413 e. The minimum Gasteiger partial charge on any atom is -0.506 e. The van der Waals surface area contributed by atoms with Crippen LogP contribution in [0.4, 0.5) is 14.9 Å². The Kier molecular flexibility index (Phi) is 7.86. The van der Waals surface area contributed by atoms with E-state index in [1.165, 1.54) is 24.3 Å². The number of nitrogens with one attached hydrogen (secondary N) is 1. The van der Waals surface area contributed by atoms with Gasteiger partial charge in [-0.05, 0) is 36.5 Å². The highest BCUT2D eigenvalue weighted by Gasteiger charge is 2.39. The zero-order valence-corrected chi connectivity index (χ0v) is 22.3. The lowest BCUT2D eigenvalue weighted by Crippen LogP contribution is -2.39.